The van der Waals surface area contributed by atoms with Crippen molar-refractivity contribution in [1.29, 1.82) is 0 Å². The maximum absolute atomic E-state index is 12.2. The molecule has 1 fully saturated rings. The third-order valence-electron chi connectivity index (χ3n) is 3.81. The summed E-state index contributed by atoms with van der Waals surface area (Å²) in [5, 5.41) is 5.80. The third kappa shape index (κ3) is 4.24. The van der Waals surface area contributed by atoms with Gasteiger partial charge in [0.25, 0.3) is 5.91 Å². The summed E-state index contributed by atoms with van der Waals surface area (Å²) in [4.78, 5) is 20.8. The van der Waals surface area contributed by atoms with Crippen LogP contribution in [0.25, 0.3) is 17.2 Å². The first-order chi connectivity index (χ1) is 12.0. The summed E-state index contributed by atoms with van der Waals surface area (Å²) in [5.74, 6) is 0.738. The van der Waals surface area contributed by atoms with Gasteiger partial charge in [-0.15, -0.1) is 0 Å². The van der Waals surface area contributed by atoms with Gasteiger partial charge in [0.1, 0.15) is 11.2 Å². The fourth-order valence-electron chi connectivity index (χ4n) is 2.76. The predicted molar refractivity (Wildman–Crippen MR) is 95.8 cm³/mol. The van der Waals surface area contributed by atoms with Crippen LogP contribution in [0.3, 0.4) is 0 Å². The Morgan fingerprint density at radius 1 is 1.36 bits per heavy atom. The standard InChI is InChI=1S/C18H22N4O3/c1-11(2)6-13(9-24-3)20-18-21-15(17(23)22-18)7-12-4-5-14-16(8-12)25-10-19-14/h4-5,7-8,10-11,13H,6,9H2,1-3H3,(H2,20,21,22,23)/b15-7-/t13-/m1/s1. The van der Waals surface area contributed by atoms with E-state index in [-0.39, 0.29) is 11.9 Å². The first kappa shape index (κ1) is 17.2. The lowest BCUT2D eigenvalue weighted by atomic mass is 10.1. The number of hydrogen-bond donors (Lipinski definition) is 2. The topological polar surface area (TPSA) is 88.8 Å². The van der Waals surface area contributed by atoms with Crippen molar-refractivity contribution in [3.63, 3.8) is 0 Å². The van der Waals surface area contributed by atoms with Gasteiger partial charge in [-0.25, -0.2) is 9.98 Å². The molecular weight excluding hydrogens is 320 g/mol. The van der Waals surface area contributed by atoms with Crippen molar-refractivity contribution in [2.45, 2.75) is 26.3 Å². The highest BCUT2D eigenvalue weighted by Gasteiger charge is 2.23. The number of aromatic nitrogens is 1. The smallest absolute Gasteiger partial charge is 0.274 e. The van der Waals surface area contributed by atoms with Crippen LogP contribution < -0.4 is 10.6 Å². The van der Waals surface area contributed by atoms with Crippen LogP contribution in [0.5, 0.6) is 0 Å². The number of carbonyl (C=O) groups is 1. The molecule has 7 nitrogen and oxygen atoms in total. The van der Waals surface area contributed by atoms with Crippen molar-refractivity contribution in [2.75, 3.05) is 13.7 Å². The highest BCUT2D eigenvalue weighted by molar-refractivity contribution is 6.15. The fourth-order valence-corrected chi connectivity index (χ4v) is 2.76. The molecule has 0 spiro atoms. The molecule has 0 unspecified atom stereocenters. The van der Waals surface area contributed by atoms with Gasteiger partial charge in [0, 0.05) is 7.11 Å². The summed E-state index contributed by atoms with van der Waals surface area (Å²) in [6, 6.07) is 5.57. The number of carbonyl (C=O) groups excluding carboxylic acids is 1. The first-order valence-corrected chi connectivity index (χ1v) is 8.25. The van der Waals surface area contributed by atoms with Gasteiger partial charge in [0.2, 0.25) is 5.96 Å². The number of methoxy groups -OCH3 is 1. The number of aliphatic imine (C=N–C) groups is 1. The molecule has 1 aliphatic rings. The van der Waals surface area contributed by atoms with Crippen LogP contribution in [0.4, 0.5) is 0 Å². The fraction of sp³-hybridized carbons (Fsp3) is 0.389. The minimum absolute atomic E-state index is 0.00214. The summed E-state index contributed by atoms with van der Waals surface area (Å²) < 4.78 is 10.5. The molecule has 0 aliphatic carbocycles. The number of nitrogens with one attached hydrogen (secondary N) is 2. The maximum atomic E-state index is 12.2. The Balaban J connectivity index is 1.77. The molecule has 1 aliphatic heterocycles. The second-order valence-electron chi connectivity index (χ2n) is 6.43. The zero-order chi connectivity index (χ0) is 17.8. The molecule has 1 atom stereocenters. The monoisotopic (exact) mass is 342 g/mol. The molecule has 132 valence electrons. The highest BCUT2D eigenvalue weighted by Crippen LogP contribution is 2.17. The predicted octanol–water partition coefficient (Wildman–Crippen LogP) is 2.31. The largest absolute Gasteiger partial charge is 0.443 e. The van der Waals surface area contributed by atoms with E-state index < -0.39 is 0 Å². The van der Waals surface area contributed by atoms with Gasteiger partial charge in [0.05, 0.1) is 12.6 Å². The Morgan fingerprint density at radius 3 is 2.96 bits per heavy atom. The van der Waals surface area contributed by atoms with Crippen molar-refractivity contribution < 1.29 is 13.9 Å². The average Bonchev–Trinajstić information content (AvgIpc) is 3.13. The number of rotatable bonds is 6. The average molecular weight is 342 g/mol. The summed E-state index contributed by atoms with van der Waals surface area (Å²) in [6.45, 7) is 4.78. The van der Waals surface area contributed by atoms with E-state index >= 15 is 0 Å². The van der Waals surface area contributed by atoms with E-state index in [0.29, 0.717) is 29.8 Å². The molecule has 7 heteroatoms. The van der Waals surface area contributed by atoms with E-state index in [2.05, 4.69) is 34.5 Å². The molecule has 2 aromatic rings. The Kier molecular flexibility index (Phi) is 5.14. The molecule has 0 radical (unpaired) electrons. The minimum atomic E-state index is -0.211. The van der Waals surface area contributed by atoms with E-state index in [1.165, 1.54) is 6.39 Å². The van der Waals surface area contributed by atoms with Crippen LogP contribution in [-0.2, 0) is 9.53 Å². The first-order valence-electron chi connectivity index (χ1n) is 8.25. The van der Waals surface area contributed by atoms with Crippen molar-refractivity contribution in [2.24, 2.45) is 10.9 Å². The lowest BCUT2D eigenvalue weighted by Crippen LogP contribution is -2.29. The van der Waals surface area contributed by atoms with Crippen molar-refractivity contribution in [3.05, 3.63) is 35.9 Å². The van der Waals surface area contributed by atoms with Crippen molar-refractivity contribution in [1.82, 2.24) is 15.6 Å². The summed E-state index contributed by atoms with van der Waals surface area (Å²) in [5.41, 5.74) is 2.75. The number of fused-ring (bicyclic) bond motifs is 1. The van der Waals surface area contributed by atoms with Crippen molar-refractivity contribution in [3.8, 4) is 0 Å². The maximum Gasteiger partial charge on any atom is 0.274 e. The minimum Gasteiger partial charge on any atom is -0.443 e. The number of ether oxygens (including phenoxy) is 1. The molecule has 0 bridgehead atoms. The molecular formula is C18H22N4O3. The Morgan fingerprint density at radius 2 is 2.20 bits per heavy atom. The molecule has 1 saturated heterocycles. The van der Waals surface area contributed by atoms with E-state index in [1.807, 2.05) is 18.2 Å². The van der Waals surface area contributed by atoms with Gasteiger partial charge in [-0.05, 0) is 36.1 Å². The van der Waals surface area contributed by atoms with Crippen LogP contribution in [0, 0.1) is 5.92 Å². The molecule has 25 heavy (non-hydrogen) atoms. The Labute approximate surface area is 146 Å². The molecule has 2 N–H and O–H groups in total. The van der Waals surface area contributed by atoms with Gasteiger partial charge in [-0.1, -0.05) is 19.9 Å². The van der Waals surface area contributed by atoms with E-state index in [4.69, 9.17) is 9.15 Å². The molecule has 1 amide bonds. The number of hydrogen-bond acceptors (Lipinski definition) is 5. The SMILES string of the molecule is COC[C@@H](CC(C)C)N=C1NC(=O)/C(=C/c2ccc3ncoc3c2)N1. The van der Waals surface area contributed by atoms with Crippen LogP contribution in [0.1, 0.15) is 25.8 Å². The Bertz CT molecular complexity index is 823. The van der Waals surface area contributed by atoms with Gasteiger partial charge in [-0.2, -0.15) is 0 Å². The van der Waals surface area contributed by atoms with Crippen molar-refractivity contribution >= 4 is 29.0 Å². The van der Waals surface area contributed by atoms with Gasteiger partial charge < -0.3 is 14.5 Å². The second kappa shape index (κ2) is 7.48. The summed E-state index contributed by atoms with van der Waals surface area (Å²) in [6.07, 6.45) is 4.04. The van der Waals surface area contributed by atoms with Gasteiger partial charge in [0.15, 0.2) is 12.0 Å². The molecule has 3 rings (SSSR count). The quantitative estimate of drug-likeness (QED) is 0.787. The molecule has 2 heterocycles. The van der Waals surface area contributed by atoms with E-state index in [1.54, 1.807) is 13.2 Å². The summed E-state index contributed by atoms with van der Waals surface area (Å²) in [7, 11) is 1.65. The normalized spacial score (nSPS) is 19.0. The van der Waals surface area contributed by atoms with Gasteiger partial charge >= 0.3 is 0 Å². The molecule has 1 aromatic carbocycles. The number of nitrogens with zero attached hydrogens (tertiary/aromatic N) is 2. The highest BCUT2D eigenvalue weighted by atomic mass is 16.5. The number of benzene rings is 1. The van der Waals surface area contributed by atoms with Crippen LogP contribution in [0.15, 0.2) is 39.7 Å². The van der Waals surface area contributed by atoms with Crippen LogP contribution in [-0.4, -0.2) is 36.6 Å². The number of oxazole rings is 1. The lowest BCUT2D eigenvalue weighted by molar-refractivity contribution is -0.115. The zero-order valence-electron chi connectivity index (χ0n) is 14.6. The van der Waals surface area contributed by atoms with Gasteiger partial charge in [-0.3, -0.25) is 10.1 Å². The van der Waals surface area contributed by atoms with E-state index in [0.717, 1.165) is 17.5 Å². The lowest BCUT2D eigenvalue weighted by Gasteiger charge is -2.14. The Hall–Kier alpha value is -2.67. The van der Waals surface area contributed by atoms with Crippen LogP contribution in [0.2, 0.25) is 0 Å². The third-order valence-corrected chi connectivity index (χ3v) is 3.81. The number of amides is 1. The van der Waals surface area contributed by atoms with Crippen LogP contribution >= 0.6 is 0 Å². The number of guanidine groups is 1. The second-order valence-corrected chi connectivity index (χ2v) is 6.43. The molecule has 0 saturated carbocycles. The zero-order valence-corrected chi connectivity index (χ0v) is 14.6. The molecule has 1 aromatic heterocycles. The summed E-state index contributed by atoms with van der Waals surface area (Å²) >= 11 is 0. The van der Waals surface area contributed by atoms with E-state index in [9.17, 15) is 4.79 Å².